The minimum Gasteiger partial charge on any atom is -0.322 e. The summed E-state index contributed by atoms with van der Waals surface area (Å²) in [4.78, 5) is 0. The zero-order valence-electron chi connectivity index (χ0n) is 9.86. The molecule has 1 unspecified atom stereocenters. The fourth-order valence-electron chi connectivity index (χ4n) is 1.51. The van der Waals surface area contributed by atoms with Crippen molar-refractivity contribution in [3.8, 4) is 0 Å². The van der Waals surface area contributed by atoms with Crippen molar-refractivity contribution in [2.45, 2.75) is 25.8 Å². The Hall–Kier alpha value is -1.40. The van der Waals surface area contributed by atoms with Crippen LogP contribution >= 0.6 is 11.3 Å². The lowest BCUT2D eigenvalue weighted by atomic mass is 10.1. The monoisotopic (exact) mass is 269 g/mol. The zero-order valence-corrected chi connectivity index (χ0v) is 10.7. The van der Waals surface area contributed by atoms with Crippen molar-refractivity contribution >= 4 is 11.3 Å². The Bertz CT molecular complexity index is 542. The van der Waals surface area contributed by atoms with Gasteiger partial charge in [-0.1, -0.05) is 30.4 Å². The Labute approximate surface area is 108 Å². The molecular weight excluding hydrogens is 256 g/mol. The van der Waals surface area contributed by atoms with E-state index in [0.717, 1.165) is 17.5 Å². The molecule has 1 aromatic carbocycles. The average molecular weight is 269 g/mol. The SMILES string of the molecule is CCC(N)c1nnc(Cc2cccc(F)c2F)s1. The summed E-state index contributed by atoms with van der Waals surface area (Å²) in [5, 5.41) is 9.28. The highest BCUT2D eigenvalue weighted by atomic mass is 32.1. The van der Waals surface area contributed by atoms with Crippen LogP contribution < -0.4 is 5.73 Å². The van der Waals surface area contributed by atoms with Crippen molar-refractivity contribution < 1.29 is 8.78 Å². The molecule has 18 heavy (non-hydrogen) atoms. The van der Waals surface area contributed by atoms with Gasteiger partial charge in [-0.2, -0.15) is 0 Å². The first-order valence-corrected chi connectivity index (χ1v) is 6.44. The van der Waals surface area contributed by atoms with E-state index in [4.69, 9.17) is 5.73 Å². The maximum Gasteiger partial charge on any atom is 0.162 e. The number of benzene rings is 1. The molecule has 2 rings (SSSR count). The highest BCUT2D eigenvalue weighted by molar-refractivity contribution is 7.11. The van der Waals surface area contributed by atoms with Crippen LogP contribution in [0, 0.1) is 11.6 Å². The van der Waals surface area contributed by atoms with Crippen LogP contribution in [-0.2, 0) is 6.42 Å². The van der Waals surface area contributed by atoms with Gasteiger partial charge < -0.3 is 5.73 Å². The second-order valence-corrected chi connectivity index (χ2v) is 5.03. The Morgan fingerprint density at radius 3 is 2.83 bits per heavy atom. The largest absolute Gasteiger partial charge is 0.322 e. The molecule has 6 heteroatoms. The second-order valence-electron chi connectivity index (χ2n) is 3.94. The molecule has 0 amide bonds. The van der Waals surface area contributed by atoms with E-state index in [-0.39, 0.29) is 18.0 Å². The summed E-state index contributed by atoms with van der Waals surface area (Å²) in [5.41, 5.74) is 6.11. The lowest BCUT2D eigenvalue weighted by molar-refractivity contribution is 0.500. The smallest absolute Gasteiger partial charge is 0.162 e. The van der Waals surface area contributed by atoms with E-state index in [1.165, 1.54) is 17.4 Å². The lowest BCUT2D eigenvalue weighted by Gasteiger charge is -2.01. The molecule has 0 bridgehead atoms. The van der Waals surface area contributed by atoms with E-state index in [1.54, 1.807) is 6.07 Å². The van der Waals surface area contributed by atoms with Gasteiger partial charge >= 0.3 is 0 Å². The molecule has 0 aliphatic carbocycles. The van der Waals surface area contributed by atoms with E-state index in [9.17, 15) is 8.78 Å². The molecule has 96 valence electrons. The topological polar surface area (TPSA) is 51.8 Å². The number of aromatic nitrogens is 2. The highest BCUT2D eigenvalue weighted by Crippen LogP contribution is 2.22. The molecule has 0 saturated heterocycles. The third-order valence-corrected chi connectivity index (χ3v) is 3.67. The fraction of sp³-hybridized carbons (Fsp3) is 0.333. The van der Waals surface area contributed by atoms with Crippen LogP contribution in [0.3, 0.4) is 0 Å². The summed E-state index contributed by atoms with van der Waals surface area (Å²) < 4.78 is 26.5. The molecule has 3 nitrogen and oxygen atoms in total. The van der Waals surface area contributed by atoms with E-state index < -0.39 is 11.6 Å². The number of rotatable bonds is 4. The van der Waals surface area contributed by atoms with E-state index in [2.05, 4.69) is 10.2 Å². The van der Waals surface area contributed by atoms with Gasteiger partial charge in [0.15, 0.2) is 11.6 Å². The summed E-state index contributed by atoms with van der Waals surface area (Å²) in [5.74, 6) is -1.67. The molecule has 1 atom stereocenters. The first kappa shape index (κ1) is 13.0. The Morgan fingerprint density at radius 1 is 1.33 bits per heavy atom. The fourth-order valence-corrected chi connectivity index (χ4v) is 2.46. The number of hydrogen-bond acceptors (Lipinski definition) is 4. The molecule has 0 radical (unpaired) electrons. The van der Waals surface area contributed by atoms with Crippen molar-refractivity contribution in [3.05, 3.63) is 45.4 Å². The van der Waals surface area contributed by atoms with Gasteiger partial charge in [0.2, 0.25) is 0 Å². The average Bonchev–Trinajstić information content (AvgIpc) is 2.82. The Morgan fingerprint density at radius 2 is 2.11 bits per heavy atom. The molecule has 1 heterocycles. The van der Waals surface area contributed by atoms with Crippen LogP contribution in [0.15, 0.2) is 18.2 Å². The zero-order chi connectivity index (χ0) is 13.1. The van der Waals surface area contributed by atoms with Gasteiger partial charge in [0.05, 0.1) is 6.04 Å². The minimum absolute atomic E-state index is 0.145. The van der Waals surface area contributed by atoms with Gasteiger partial charge in [0.25, 0.3) is 0 Å². The van der Waals surface area contributed by atoms with Gasteiger partial charge in [0, 0.05) is 6.42 Å². The van der Waals surface area contributed by atoms with Crippen LogP contribution in [0.4, 0.5) is 8.78 Å². The van der Waals surface area contributed by atoms with Crippen molar-refractivity contribution in [2.75, 3.05) is 0 Å². The third-order valence-electron chi connectivity index (χ3n) is 2.61. The quantitative estimate of drug-likeness (QED) is 0.928. The van der Waals surface area contributed by atoms with E-state index in [1.807, 2.05) is 6.92 Å². The maximum atomic E-state index is 13.5. The van der Waals surface area contributed by atoms with Crippen molar-refractivity contribution in [2.24, 2.45) is 5.73 Å². The van der Waals surface area contributed by atoms with E-state index in [0.29, 0.717) is 5.01 Å². The van der Waals surface area contributed by atoms with Crippen LogP contribution in [0.5, 0.6) is 0 Å². The molecule has 1 aromatic heterocycles. The Kier molecular flexibility index (Phi) is 3.98. The number of hydrogen-bond donors (Lipinski definition) is 1. The standard InChI is InChI=1S/C12H13F2N3S/c1-2-9(15)12-17-16-10(18-12)6-7-4-3-5-8(13)11(7)14/h3-5,9H,2,6,15H2,1H3. The van der Waals surface area contributed by atoms with Crippen LogP contribution in [-0.4, -0.2) is 10.2 Å². The van der Waals surface area contributed by atoms with Gasteiger partial charge in [0.1, 0.15) is 10.0 Å². The number of halogens is 2. The molecule has 0 fully saturated rings. The van der Waals surface area contributed by atoms with Crippen molar-refractivity contribution in [3.63, 3.8) is 0 Å². The van der Waals surface area contributed by atoms with Gasteiger partial charge in [-0.15, -0.1) is 10.2 Å². The predicted octanol–water partition coefficient (Wildman–Crippen LogP) is 2.82. The molecule has 0 saturated carbocycles. The first-order valence-electron chi connectivity index (χ1n) is 5.62. The molecular formula is C12H13F2N3S. The summed E-state index contributed by atoms with van der Waals surface area (Å²) in [7, 11) is 0. The summed E-state index contributed by atoms with van der Waals surface area (Å²) in [6.45, 7) is 1.96. The van der Waals surface area contributed by atoms with Crippen molar-refractivity contribution in [1.82, 2.24) is 10.2 Å². The van der Waals surface area contributed by atoms with Crippen LogP contribution in [0.2, 0.25) is 0 Å². The molecule has 0 aliphatic heterocycles. The van der Waals surface area contributed by atoms with Gasteiger partial charge in [-0.05, 0) is 18.1 Å². The van der Waals surface area contributed by atoms with E-state index >= 15 is 0 Å². The van der Waals surface area contributed by atoms with Crippen LogP contribution in [0.25, 0.3) is 0 Å². The molecule has 0 aliphatic rings. The van der Waals surface area contributed by atoms with Gasteiger partial charge in [-0.25, -0.2) is 8.78 Å². The second kappa shape index (κ2) is 5.49. The summed E-state index contributed by atoms with van der Waals surface area (Å²) >= 11 is 1.34. The molecule has 2 N–H and O–H groups in total. The minimum atomic E-state index is -0.845. The highest BCUT2D eigenvalue weighted by Gasteiger charge is 2.13. The van der Waals surface area contributed by atoms with Crippen LogP contribution in [0.1, 0.15) is 35.0 Å². The Balaban J connectivity index is 2.19. The van der Waals surface area contributed by atoms with Gasteiger partial charge in [-0.3, -0.25) is 0 Å². The molecule has 0 spiro atoms. The molecule has 2 aromatic rings. The first-order chi connectivity index (χ1) is 8.61. The number of nitrogens with zero attached hydrogens (tertiary/aromatic N) is 2. The summed E-state index contributed by atoms with van der Waals surface area (Å²) in [6, 6.07) is 3.97. The number of nitrogens with two attached hydrogens (primary N) is 1. The lowest BCUT2D eigenvalue weighted by Crippen LogP contribution is -2.07. The predicted molar refractivity (Wildman–Crippen MR) is 66.3 cm³/mol. The normalized spacial score (nSPS) is 12.7. The maximum absolute atomic E-state index is 13.5. The third kappa shape index (κ3) is 2.70. The van der Waals surface area contributed by atoms with Crippen molar-refractivity contribution in [1.29, 1.82) is 0 Å². The summed E-state index contributed by atoms with van der Waals surface area (Å²) in [6.07, 6.45) is 1.00.